The molecule has 1 aliphatic rings. The van der Waals surface area contributed by atoms with Crippen LogP contribution >= 0.6 is 0 Å². The third-order valence-corrected chi connectivity index (χ3v) is 7.30. The van der Waals surface area contributed by atoms with Crippen molar-refractivity contribution in [3.8, 4) is 17.6 Å². The molecule has 2 aromatic rings. The number of benzene rings is 2. The lowest BCUT2D eigenvalue weighted by molar-refractivity contribution is -0.154. The minimum Gasteiger partial charge on any atom is -0.481 e. The van der Waals surface area contributed by atoms with Crippen LogP contribution in [0.15, 0.2) is 41.3 Å². The first-order valence-corrected chi connectivity index (χ1v) is 11.7. The summed E-state index contributed by atoms with van der Waals surface area (Å²) in [6, 6.07) is 10.4. The van der Waals surface area contributed by atoms with E-state index in [1.54, 1.807) is 26.0 Å². The Morgan fingerprint density at radius 1 is 1.13 bits per heavy atom. The van der Waals surface area contributed by atoms with Crippen molar-refractivity contribution < 1.29 is 18.7 Å². The minimum absolute atomic E-state index is 0.183. The van der Waals surface area contributed by atoms with Crippen molar-refractivity contribution in [1.29, 1.82) is 0 Å². The van der Waals surface area contributed by atoms with Gasteiger partial charge in [-0.1, -0.05) is 17.9 Å². The number of hydrogen-bond donors (Lipinski definition) is 0. The van der Waals surface area contributed by atoms with Crippen LogP contribution in [0.5, 0.6) is 5.75 Å². The number of halogens is 1. The molecule has 0 radical (unpaired) electrons. The first kappa shape index (κ1) is 22.2. The van der Waals surface area contributed by atoms with E-state index in [-0.39, 0.29) is 12.4 Å². The maximum Gasteiger partial charge on any atom is 0.345 e. The van der Waals surface area contributed by atoms with Crippen LogP contribution in [0.3, 0.4) is 0 Å². The molecule has 1 aliphatic heterocycles. The maximum atomic E-state index is 13.3. The Morgan fingerprint density at radius 2 is 1.80 bits per heavy atom. The van der Waals surface area contributed by atoms with Crippen LogP contribution in [0.25, 0.3) is 0 Å². The Labute approximate surface area is 181 Å². The van der Waals surface area contributed by atoms with Crippen molar-refractivity contribution in [2.24, 2.45) is 0 Å². The first-order chi connectivity index (χ1) is 14.2. The highest BCUT2D eigenvalue weighted by molar-refractivity contribution is 7.97. The molecular formula is C25H28FO3S+. The Morgan fingerprint density at radius 3 is 2.43 bits per heavy atom. The molecule has 5 heteroatoms. The Balaban J connectivity index is 1.60. The van der Waals surface area contributed by atoms with E-state index in [0.717, 1.165) is 16.9 Å². The van der Waals surface area contributed by atoms with Crippen molar-refractivity contribution in [2.45, 2.75) is 51.0 Å². The van der Waals surface area contributed by atoms with Crippen molar-refractivity contribution >= 4 is 16.9 Å². The fourth-order valence-corrected chi connectivity index (χ4v) is 5.92. The van der Waals surface area contributed by atoms with Gasteiger partial charge in [0.25, 0.3) is 0 Å². The first-order valence-electron chi connectivity index (χ1n) is 10.2. The number of esters is 1. The second-order valence-corrected chi connectivity index (χ2v) is 10.3. The molecule has 0 amide bonds. The molecule has 3 nitrogen and oxygen atoms in total. The van der Waals surface area contributed by atoms with Gasteiger partial charge in [-0.25, -0.2) is 9.18 Å². The molecule has 3 rings (SSSR count). The van der Waals surface area contributed by atoms with Crippen molar-refractivity contribution in [3.63, 3.8) is 0 Å². The number of carbonyl (C=O) groups is 1. The van der Waals surface area contributed by atoms with Crippen LogP contribution in [0.1, 0.15) is 43.4 Å². The van der Waals surface area contributed by atoms with Gasteiger partial charge in [0.2, 0.25) is 0 Å². The number of ether oxygens (including phenoxy) is 2. The van der Waals surface area contributed by atoms with Gasteiger partial charge in [-0.3, -0.25) is 0 Å². The zero-order chi connectivity index (χ0) is 21.7. The van der Waals surface area contributed by atoms with Crippen LogP contribution < -0.4 is 4.74 Å². The summed E-state index contributed by atoms with van der Waals surface area (Å²) in [4.78, 5) is 13.7. The predicted octanol–water partition coefficient (Wildman–Crippen LogP) is 4.97. The van der Waals surface area contributed by atoms with E-state index >= 15 is 0 Å². The fraction of sp³-hybridized carbons (Fsp3) is 0.400. The Kier molecular flexibility index (Phi) is 7.10. The molecule has 1 fully saturated rings. The van der Waals surface area contributed by atoms with E-state index in [0.29, 0.717) is 16.5 Å². The molecule has 0 atom stereocenters. The summed E-state index contributed by atoms with van der Waals surface area (Å²) in [5, 5.41) is 0. The summed E-state index contributed by atoms with van der Waals surface area (Å²) in [5.41, 5.74) is 1.61. The molecule has 1 saturated heterocycles. The third-order valence-electron chi connectivity index (χ3n) is 4.83. The molecule has 0 N–H and O–H groups in total. The van der Waals surface area contributed by atoms with Crippen molar-refractivity contribution in [3.05, 3.63) is 58.9 Å². The predicted molar refractivity (Wildman–Crippen MR) is 119 cm³/mol. The standard InChI is InChI=1S/C25H28FO3S/c1-18-14-22(30-12-5-6-13-30)15-19(2)24(18)28-17-23(27)29-25(3,4)11-10-20-8-7-9-21(26)16-20/h7-9,14-16H,5-6,12-13,17H2,1-4H3/q+1. The largest absolute Gasteiger partial charge is 0.481 e. The smallest absolute Gasteiger partial charge is 0.345 e. The zero-order valence-corrected chi connectivity index (χ0v) is 18.8. The highest BCUT2D eigenvalue weighted by Gasteiger charge is 2.28. The monoisotopic (exact) mass is 427 g/mol. The zero-order valence-electron chi connectivity index (χ0n) is 18.0. The molecule has 30 heavy (non-hydrogen) atoms. The van der Waals surface area contributed by atoms with E-state index in [1.807, 2.05) is 13.8 Å². The third kappa shape index (κ3) is 6.03. The van der Waals surface area contributed by atoms with E-state index < -0.39 is 11.6 Å². The van der Waals surface area contributed by atoms with Crippen LogP contribution in [-0.2, 0) is 20.4 Å². The maximum absolute atomic E-state index is 13.3. The van der Waals surface area contributed by atoms with Crippen LogP contribution in [0, 0.1) is 31.5 Å². The second kappa shape index (κ2) is 9.57. The van der Waals surface area contributed by atoms with Gasteiger partial charge in [-0.2, -0.15) is 0 Å². The highest BCUT2D eigenvalue weighted by atomic mass is 32.2. The van der Waals surface area contributed by atoms with Gasteiger partial charge in [0.15, 0.2) is 17.1 Å². The van der Waals surface area contributed by atoms with Gasteiger partial charge in [0.05, 0.1) is 0 Å². The molecule has 0 aliphatic carbocycles. The average Bonchev–Trinajstić information content (AvgIpc) is 3.20. The van der Waals surface area contributed by atoms with Gasteiger partial charge >= 0.3 is 5.97 Å². The van der Waals surface area contributed by atoms with Crippen LogP contribution in [-0.4, -0.2) is 29.7 Å². The lowest BCUT2D eigenvalue weighted by atomic mass is 10.1. The number of rotatable bonds is 5. The van der Waals surface area contributed by atoms with Gasteiger partial charge in [-0.05, 0) is 82.0 Å². The van der Waals surface area contributed by atoms with E-state index in [4.69, 9.17) is 9.47 Å². The Hall–Kier alpha value is -2.45. The van der Waals surface area contributed by atoms with E-state index in [9.17, 15) is 9.18 Å². The summed E-state index contributed by atoms with van der Waals surface area (Å²) in [5.74, 6) is 8.17. The lowest BCUT2D eigenvalue weighted by Gasteiger charge is -2.19. The summed E-state index contributed by atoms with van der Waals surface area (Å²) >= 11 is 0. The van der Waals surface area contributed by atoms with Crippen LogP contribution in [0.2, 0.25) is 0 Å². The summed E-state index contributed by atoms with van der Waals surface area (Å²) in [7, 11) is 0.349. The number of aryl methyl sites for hydroxylation is 2. The SMILES string of the molecule is Cc1cc([S+]2CCCC2)cc(C)c1OCC(=O)OC(C)(C)C#Cc1cccc(F)c1. The lowest BCUT2D eigenvalue weighted by Crippen LogP contribution is -2.29. The second-order valence-electron chi connectivity index (χ2n) is 8.03. The molecule has 2 aromatic carbocycles. The fourth-order valence-electron chi connectivity index (χ4n) is 3.45. The Bertz CT molecular complexity index is 958. The van der Waals surface area contributed by atoms with Gasteiger partial charge < -0.3 is 9.47 Å². The van der Waals surface area contributed by atoms with Crippen molar-refractivity contribution in [1.82, 2.24) is 0 Å². The van der Waals surface area contributed by atoms with E-state index in [1.165, 1.54) is 41.4 Å². The molecule has 1 heterocycles. The number of hydrogen-bond acceptors (Lipinski definition) is 3. The van der Waals surface area contributed by atoms with Gasteiger partial charge in [-0.15, -0.1) is 0 Å². The summed E-state index contributed by atoms with van der Waals surface area (Å²) in [6.07, 6.45) is 2.62. The van der Waals surface area contributed by atoms with Crippen LogP contribution in [0.4, 0.5) is 4.39 Å². The average molecular weight is 428 g/mol. The molecule has 158 valence electrons. The van der Waals surface area contributed by atoms with Gasteiger partial charge in [0, 0.05) is 16.5 Å². The molecule has 0 spiro atoms. The molecule has 0 aromatic heterocycles. The van der Waals surface area contributed by atoms with Gasteiger partial charge in [0.1, 0.15) is 23.1 Å². The normalized spacial score (nSPS) is 14.2. The molecule has 0 bridgehead atoms. The molecule has 0 saturated carbocycles. The minimum atomic E-state index is -1.01. The molecule has 0 unspecified atom stereocenters. The summed E-state index contributed by atoms with van der Waals surface area (Å²) in [6.45, 7) is 7.25. The molecular weight excluding hydrogens is 399 g/mol. The quantitative estimate of drug-likeness (QED) is 0.384. The number of carbonyl (C=O) groups excluding carboxylic acids is 1. The summed E-state index contributed by atoms with van der Waals surface area (Å²) < 4.78 is 24.5. The van der Waals surface area contributed by atoms with Crippen molar-refractivity contribution in [2.75, 3.05) is 18.1 Å². The topological polar surface area (TPSA) is 35.5 Å². The highest BCUT2D eigenvalue weighted by Crippen LogP contribution is 2.31. The van der Waals surface area contributed by atoms with E-state index in [2.05, 4.69) is 24.0 Å².